The van der Waals surface area contributed by atoms with Crippen molar-refractivity contribution >= 4 is 21.6 Å². The zero-order valence-corrected chi connectivity index (χ0v) is 15.3. The largest absolute Gasteiger partial charge is 0.308 e. The van der Waals surface area contributed by atoms with Gasteiger partial charge in [0.1, 0.15) is 10.5 Å². The summed E-state index contributed by atoms with van der Waals surface area (Å²) < 4.78 is 0.766. The third-order valence-corrected chi connectivity index (χ3v) is 7.55. The smallest absolute Gasteiger partial charge is 0.268 e. The van der Waals surface area contributed by atoms with E-state index in [0.29, 0.717) is 5.92 Å². The summed E-state index contributed by atoms with van der Waals surface area (Å²) in [5, 5.41) is 7.00. The molecule has 7 rings (SSSR count). The number of aromatic nitrogens is 4. The minimum absolute atomic E-state index is 0.0225. The molecule has 7 heteroatoms. The highest BCUT2D eigenvalue weighted by Crippen LogP contribution is 2.50. The number of rotatable bonds is 3. The Balaban J connectivity index is 1.54. The Kier molecular flexibility index (Phi) is 3.20. The lowest BCUT2D eigenvalue weighted by Crippen LogP contribution is -2.44. The van der Waals surface area contributed by atoms with Crippen LogP contribution >= 0.6 is 11.3 Å². The maximum atomic E-state index is 12.9. The van der Waals surface area contributed by atoms with E-state index >= 15 is 0 Å². The SMILES string of the molecule is O=c1[nH]c([C@H]2CC3CCN2CC3)nc2c(C3CC3)c(-c3cn[nH]c3)sc12. The molecule has 1 aliphatic carbocycles. The normalized spacial score (nSPS) is 28.1. The number of piperidine rings is 3. The van der Waals surface area contributed by atoms with Crippen molar-refractivity contribution in [1.29, 1.82) is 0 Å². The van der Waals surface area contributed by atoms with E-state index in [9.17, 15) is 4.79 Å². The van der Waals surface area contributed by atoms with Crippen LogP contribution < -0.4 is 5.56 Å². The highest BCUT2D eigenvalue weighted by Gasteiger charge is 2.37. The molecule has 0 aromatic carbocycles. The second-order valence-electron chi connectivity index (χ2n) is 7.97. The van der Waals surface area contributed by atoms with Crippen LogP contribution in [0.3, 0.4) is 0 Å². The van der Waals surface area contributed by atoms with Gasteiger partial charge < -0.3 is 4.98 Å². The molecule has 0 unspecified atom stereocenters. The molecule has 0 amide bonds. The first-order valence-corrected chi connectivity index (χ1v) is 10.4. The van der Waals surface area contributed by atoms with Gasteiger partial charge in [-0.15, -0.1) is 11.3 Å². The number of nitrogens with zero attached hydrogens (tertiary/aromatic N) is 3. The van der Waals surface area contributed by atoms with Crippen LogP contribution in [0.2, 0.25) is 0 Å². The van der Waals surface area contributed by atoms with Crippen LogP contribution in [-0.2, 0) is 0 Å². The molecule has 3 aliphatic heterocycles. The van der Waals surface area contributed by atoms with Gasteiger partial charge in [0.2, 0.25) is 0 Å². The van der Waals surface area contributed by atoms with Gasteiger partial charge in [0.15, 0.2) is 0 Å². The van der Waals surface area contributed by atoms with Crippen molar-refractivity contribution in [2.24, 2.45) is 5.92 Å². The molecule has 6 heterocycles. The van der Waals surface area contributed by atoms with Crippen molar-refractivity contribution in [3.8, 4) is 10.4 Å². The van der Waals surface area contributed by atoms with E-state index in [1.165, 1.54) is 31.2 Å². The Labute approximate surface area is 154 Å². The first-order valence-electron chi connectivity index (χ1n) is 9.57. The van der Waals surface area contributed by atoms with Gasteiger partial charge >= 0.3 is 0 Å². The summed E-state index contributed by atoms with van der Waals surface area (Å²) in [5.74, 6) is 2.21. The predicted molar refractivity (Wildman–Crippen MR) is 101 cm³/mol. The zero-order valence-electron chi connectivity index (χ0n) is 14.5. The van der Waals surface area contributed by atoms with E-state index in [1.54, 1.807) is 11.3 Å². The number of thiophene rings is 1. The summed E-state index contributed by atoms with van der Waals surface area (Å²) in [6, 6.07) is 0.281. The summed E-state index contributed by atoms with van der Waals surface area (Å²) in [6.07, 6.45) is 9.86. The quantitative estimate of drug-likeness (QED) is 0.744. The molecule has 2 N–H and O–H groups in total. The molecule has 1 atom stereocenters. The molecule has 3 saturated heterocycles. The average Bonchev–Trinajstić information content (AvgIpc) is 3.21. The molecule has 4 fully saturated rings. The van der Waals surface area contributed by atoms with Gasteiger partial charge in [-0.05, 0) is 57.0 Å². The van der Waals surface area contributed by atoms with Crippen molar-refractivity contribution in [2.45, 2.75) is 44.1 Å². The second-order valence-corrected chi connectivity index (χ2v) is 8.99. The van der Waals surface area contributed by atoms with Crippen LogP contribution in [0.25, 0.3) is 20.7 Å². The van der Waals surface area contributed by atoms with E-state index in [2.05, 4.69) is 20.1 Å². The molecule has 2 bridgehead atoms. The van der Waals surface area contributed by atoms with E-state index in [0.717, 1.165) is 51.9 Å². The van der Waals surface area contributed by atoms with Gasteiger partial charge in [0, 0.05) is 22.2 Å². The van der Waals surface area contributed by atoms with E-state index in [-0.39, 0.29) is 11.6 Å². The molecular formula is C19H21N5OS. The summed E-state index contributed by atoms with van der Waals surface area (Å²) >= 11 is 1.57. The molecule has 26 heavy (non-hydrogen) atoms. The number of hydrogen-bond acceptors (Lipinski definition) is 5. The molecule has 1 saturated carbocycles. The number of fused-ring (bicyclic) bond motifs is 4. The third-order valence-electron chi connectivity index (χ3n) is 6.31. The van der Waals surface area contributed by atoms with Crippen LogP contribution in [0.5, 0.6) is 0 Å². The maximum Gasteiger partial charge on any atom is 0.268 e. The molecule has 4 aliphatic rings. The molecule has 3 aromatic heterocycles. The number of nitrogens with one attached hydrogen (secondary N) is 2. The molecule has 3 aromatic rings. The minimum Gasteiger partial charge on any atom is -0.308 e. The first kappa shape index (κ1) is 15.1. The average molecular weight is 367 g/mol. The lowest BCUT2D eigenvalue weighted by molar-refractivity contribution is 0.0445. The first-order chi connectivity index (χ1) is 12.8. The lowest BCUT2D eigenvalue weighted by atomic mass is 9.83. The fourth-order valence-electron chi connectivity index (χ4n) is 4.77. The minimum atomic E-state index is 0.0225. The highest BCUT2D eigenvalue weighted by atomic mass is 32.1. The number of hydrogen-bond donors (Lipinski definition) is 2. The van der Waals surface area contributed by atoms with Crippen LogP contribution in [0, 0.1) is 5.92 Å². The van der Waals surface area contributed by atoms with Gasteiger partial charge in [-0.3, -0.25) is 14.8 Å². The molecule has 6 nitrogen and oxygen atoms in total. The summed E-state index contributed by atoms with van der Waals surface area (Å²) in [7, 11) is 0. The van der Waals surface area contributed by atoms with Gasteiger partial charge in [-0.25, -0.2) is 4.98 Å². The standard InChI is InChI=1S/C19H21N5OS/c25-19-17-15(14(11-1-2-11)16(26-17)12-8-20-21-9-12)22-18(23-19)13-7-10-3-5-24(13)6-4-10/h8-11,13H,1-7H2,(H,20,21)(H,22,23,25)/t13-/m1/s1. The van der Waals surface area contributed by atoms with Crippen LogP contribution in [0.4, 0.5) is 0 Å². The van der Waals surface area contributed by atoms with Crippen molar-refractivity contribution in [3.63, 3.8) is 0 Å². The van der Waals surface area contributed by atoms with Gasteiger partial charge in [0.05, 0.1) is 17.8 Å². The third kappa shape index (κ3) is 2.23. The monoisotopic (exact) mass is 367 g/mol. The van der Waals surface area contributed by atoms with Gasteiger partial charge in [-0.2, -0.15) is 5.10 Å². The second kappa shape index (κ2) is 5.50. The molecule has 0 spiro atoms. The Morgan fingerprint density at radius 2 is 2.04 bits per heavy atom. The van der Waals surface area contributed by atoms with Gasteiger partial charge in [-0.1, -0.05) is 0 Å². The van der Waals surface area contributed by atoms with Crippen molar-refractivity contribution in [3.05, 3.63) is 34.1 Å². The fraction of sp³-hybridized carbons (Fsp3) is 0.526. The molecule has 134 valence electrons. The molecule has 0 radical (unpaired) electrons. The van der Waals surface area contributed by atoms with Crippen molar-refractivity contribution in [2.75, 3.05) is 13.1 Å². The van der Waals surface area contributed by atoms with E-state index < -0.39 is 0 Å². The Morgan fingerprint density at radius 3 is 2.69 bits per heavy atom. The maximum absolute atomic E-state index is 12.9. The predicted octanol–water partition coefficient (Wildman–Crippen LogP) is 3.41. The van der Waals surface area contributed by atoms with Crippen LogP contribution in [0.1, 0.15) is 55.5 Å². The van der Waals surface area contributed by atoms with E-state index in [4.69, 9.17) is 4.98 Å². The van der Waals surface area contributed by atoms with Crippen LogP contribution in [0.15, 0.2) is 17.2 Å². The van der Waals surface area contributed by atoms with Gasteiger partial charge in [0.25, 0.3) is 5.56 Å². The Morgan fingerprint density at radius 1 is 1.19 bits per heavy atom. The summed E-state index contributed by atoms with van der Waals surface area (Å²) in [4.78, 5) is 24.7. The summed E-state index contributed by atoms with van der Waals surface area (Å²) in [6.45, 7) is 2.27. The fourth-order valence-corrected chi connectivity index (χ4v) is 5.97. The summed E-state index contributed by atoms with van der Waals surface area (Å²) in [5.41, 5.74) is 3.30. The van der Waals surface area contributed by atoms with Crippen molar-refractivity contribution < 1.29 is 0 Å². The Bertz CT molecular complexity index is 1020. The topological polar surface area (TPSA) is 77.7 Å². The number of aromatic amines is 2. The highest BCUT2D eigenvalue weighted by molar-refractivity contribution is 7.22. The van der Waals surface area contributed by atoms with Crippen LogP contribution in [-0.4, -0.2) is 38.2 Å². The molecular weight excluding hydrogens is 346 g/mol. The Hall–Kier alpha value is -1.99. The van der Waals surface area contributed by atoms with Crippen molar-refractivity contribution in [1.82, 2.24) is 25.1 Å². The van der Waals surface area contributed by atoms with E-state index in [1.807, 2.05) is 12.4 Å². The number of H-pyrrole nitrogens is 2. The zero-order chi connectivity index (χ0) is 17.3. The lowest BCUT2D eigenvalue weighted by Gasteiger charge is -2.44.